The zero-order chi connectivity index (χ0) is 20.5. The number of anilines is 2. The van der Waals surface area contributed by atoms with Crippen molar-refractivity contribution in [1.82, 2.24) is 0 Å². The normalized spacial score (nSPS) is 11.0. The number of furan rings is 1. The van der Waals surface area contributed by atoms with Gasteiger partial charge in [0.15, 0.2) is 0 Å². The van der Waals surface area contributed by atoms with E-state index in [1.54, 1.807) is 13.0 Å². The lowest BCUT2D eigenvalue weighted by molar-refractivity contribution is 0.340. The van der Waals surface area contributed by atoms with Crippen LogP contribution in [-0.4, -0.2) is 6.61 Å². The lowest BCUT2D eigenvalue weighted by Crippen LogP contribution is -2.01. The number of rotatable bonds is 5. The first kappa shape index (κ1) is 18.9. The summed E-state index contributed by atoms with van der Waals surface area (Å²) in [4.78, 5) is 12.7. The van der Waals surface area contributed by atoms with Gasteiger partial charge in [-0.1, -0.05) is 29.8 Å². The highest BCUT2D eigenvalue weighted by molar-refractivity contribution is 6.00. The van der Waals surface area contributed by atoms with Gasteiger partial charge in [0, 0.05) is 11.8 Å². The Kier molecular flexibility index (Phi) is 4.89. The van der Waals surface area contributed by atoms with E-state index >= 15 is 0 Å². The van der Waals surface area contributed by atoms with Crippen LogP contribution in [0.15, 0.2) is 62.2 Å². The summed E-state index contributed by atoms with van der Waals surface area (Å²) in [5.41, 5.74) is 4.73. The quantitative estimate of drug-likeness (QED) is 0.445. The largest absolute Gasteiger partial charge is 0.494 e. The molecule has 5 heteroatoms. The third-order valence-corrected chi connectivity index (χ3v) is 4.79. The molecule has 2 aromatic heterocycles. The van der Waals surface area contributed by atoms with Gasteiger partial charge in [-0.05, 0) is 57.0 Å². The molecule has 29 heavy (non-hydrogen) atoms. The molecule has 0 saturated heterocycles. The highest BCUT2D eigenvalue weighted by Gasteiger charge is 2.21. The van der Waals surface area contributed by atoms with Crippen molar-refractivity contribution in [2.24, 2.45) is 0 Å². The maximum atomic E-state index is 12.7. The SMILES string of the molecule is CCOc1cccc(-c2c(Nc3ccc(C)cc3C)oc3cc(C)oc(=O)c23)c1. The van der Waals surface area contributed by atoms with Gasteiger partial charge in [0.05, 0.1) is 12.2 Å². The predicted molar refractivity (Wildman–Crippen MR) is 115 cm³/mol. The number of fused-ring (bicyclic) bond motifs is 1. The van der Waals surface area contributed by atoms with Gasteiger partial charge in [0.2, 0.25) is 5.88 Å². The van der Waals surface area contributed by atoms with Crippen LogP contribution in [0.2, 0.25) is 0 Å². The van der Waals surface area contributed by atoms with E-state index in [4.69, 9.17) is 13.6 Å². The van der Waals surface area contributed by atoms with Crippen LogP contribution in [0.1, 0.15) is 23.8 Å². The minimum absolute atomic E-state index is 0.413. The van der Waals surface area contributed by atoms with Gasteiger partial charge in [-0.25, -0.2) is 4.79 Å². The van der Waals surface area contributed by atoms with E-state index in [9.17, 15) is 4.79 Å². The maximum absolute atomic E-state index is 12.7. The first-order valence-electron chi connectivity index (χ1n) is 9.61. The van der Waals surface area contributed by atoms with Crippen LogP contribution in [0.4, 0.5) is 11.6 Å². The van der Waals surface area contributed by atoms with Gasteiger partial charge >= 0.3 is 5.63 Å². The Labute approximate surface area is 168 Å². The summed E-state index contributed by atoms with van der Waals surface area (Å²) >= 11 is 0. The molecular formula is C24H23NO4. The van der Waals surface area contributed by atoms with Crippen LogP contribution >= 0.6 is 0 Å². The molecule has 5 nitrogen and oxygen atoms in total. The number of benzene rings is 2. The number of aryl methyl sites for hydroxylation is 3. The lowest BCUT2D eigenvalue weighted by Gasteiger charge is -2.11. The summed E-state index contributed by atoms with van der Waals surface area (Å²) in [5, 5.41) is 3.78. The average Bonchev–Trinajstić information content (AvgIpc) is 3.02. The fourth-order valence-electron chi connectivity index (χ4n) is 3.51. The molecule has 0 aliphatic rings. The average molecular weight is 389 g/mol. The molecular weight excluding hydrogens is 366 g/mol. The van der Waals surface area contributed by atoms with Gasteiger partial charge in [0.25, 0.3) is 0 Å². The summed E-state index contributed by atoms with van der Waals surface area (Å²) in [6.07, 6.45) is 0. The van der Waals surface area contributed by atoms with Crippen LogP contribution in [0.5, 0.6) is 5.75 Å². The first-order valence-corrected chi connectivity index (χ1v) is 9.61. The minimum atomic E-state index is -0.422. The number of nitrogens with one attached hydrogen (secondary N) is 1. The van der Waals surface area contributed by atoms with E-state index in [0.717, 1.165) is 22.6 Å². The summed E-state index contributed by atoms with van der Waals surface area (Å²) < 4.78 is 17.1. The molecule has 0 aliphatic carbocycles. The smallest absolute Gasteiger partial charge is 0.347 e. The highest BCUT2D eigenvalue weighted by atomic mass is 16.5. The summed E-state index contributed by atoms with van der Waals surface area (Å²) in [7, 11) is 0. The lowest BCUT2D eigenvalue weighted by atomic mass is 10.0. The van der Waals surface area contributed by atoms with Gasteiger partial charge in [0.1, 0.15) is 22.5 Å². The second-order valence-electron chi connectivity index (χ2n) is 7.09. The number of ether oxygens (including phenoxy) is 1. The van der Waals surface area contributed by atoms with Gasteiger partial charge < -0.3 is 18.9 Å². The highest BCUT2D eigenvalue weighted by Crippen LogP contribution is 2.40. The van der Waals surface area contributed by atoms with Gasteiger partial charge in [-0.2, -0.15) is 0 Å². The van der Waals surface area contributed by atoms with Gasteiger partial charge in [-0.15, -0.1) is 0 Å². The van der Waals surface area contributed by atoms with E-state index < -0.39 is 5.63 Å². The molecule has 148 valence electrons. The number of hydrogen-bond acceptors (Lipinski definition) is 5. The molecule has 0 amide bonds. The van der Waals surface area contributed by atoms with E-state index in [0.29, 0.717) is 34.8 Å². The standard InChI is InChI=1S/C24H23NO4/c1-5-27-18-8-6-7-17(13-18)21-22-20(12-16(4)28-24(22)26)29-23(21)25-19-10-9-14(2)11-15(19)3/h6-13,25H,5H2,1-4H3. The fraction of sp³-hybridized carbons (Fsp3) is 0.208. The van der Waals surface area contributed by atoms with Crippen molar-refractivity contribution >= 4 is 22.5 Å². The first-order chi connectivity index (χ1) is 14.0. The molecule has 4 aromatic rings. The van der Waals surface area contributed by atoms with Gasteiger partial charge in [-0.3, -0.25) is 0 Å². The monoisotopic (exact) mass is 389 g/mol. The molecule has 0 aliphatic heterocycles. The van der Waals surface area contributed by atoms with Crippen LogP contribution < -0.4 is 15.7 Å². The molecule has 0 radical (unpaired) electrons. The third kappa shape index (κ3) is 3.63. The van der Waals surface area contributed by atoms with E-state index in [-0.39, 0.29) is 0 Å². The Bertz CT molecular complexity index is 1250. The van der Waals surface area contributed by atoms with Crippen LogP contribution in [-0.2, 0) is 0 Å². The van der Waals surface area contributed by atoms with Crippen molar-refractivity contribution in [2.75, 3.05) is 11.9 Å². The van der Waals surface area contributed by atoms with E-state index in [1.165, 1.54) is 5.56 Å². The topological polar surface area (TPSA) is 64.6 Å². The van der Waals surface area contributed by atoms with Crippen molar-refractivity contribution in [3.63, 3.8) is 0 Å². The molecule has 2 heterocycles. The fourth-order valence-corrected chi connectivity index (χ4v) is 3.51. The van der Waals surface area contributed by atoms with Crippen molar-refractivity contribution in [3.8, 4) is 16.9 Å². The maximum Gasteiger partial charge on any atom is 0.347 e. The van der Waals surface area contributed by atoms with Crippen LogP contribution in [0, 0.1) is 20.8 Å². The summed E-state index contributed by atoms with van der Waals surface area (Å²) in [6, 6.07) is 15.5. The minimum Gasteiger partial charge on any atom is -0.494 e. The molecule has 1 N–H and O–H groups in total. The molecule has 4 rings (SSSR count). The number of hydrogen-bond donors (Lipinski definition) is 1. The Morgan fingerprint density at radius 2 is 1.83 bits per heavy atom. The van der Waals surface area contributed by atoms with Crippen molar-refractivity contribution in [3.05, 3.63) is 75.8 Å². The van der Waals surface area contributed by atoms with Crippen molar-refractivity contribution < 1.29 is 13.6 Å². The Balaban J connectivity index is 1.94. The zero-order valence-corrected chi connectivity index (χ0v) is 17.0. The molecule has 0 saturated carbocycles. The summed E-state index contributed by atoms with van der Waals surface area (Å²) in [6.45, 7) is 8.31. The molecule has 0 unspecified atom stereocenters. The van der Waals surface area contributed by atoms with E-state index in [1.807, 2.05) is 50.2 Å². The molecule has 0 spiro atoms. The second kappa shape index (κ2) is 7.51. The Morgan fingerprint density at radius 3 is 2.59 bits per heavy atom. The van der Waals surface area contributed by atoms with Crippen molar-refractivity contribution in [1.29, 1.82) is 0 Å². The zero-order valence-electron chi connectivity index (χ0n) is 17.0. The Morgan fingerprint density at radius 1 is 1.00 bits per heavy atom. The molecule has 0 fully saturated rings. The predicted octanol–water partition coefficient (Wildman–Crippen LogP) is 6.12. The van der Waals surface area contributed by atoms with E-state index in [2.05, 4.69) is 18.3 Å². The Hall–Kier alpha value is -3.47. The second-order valence-corrected chi connectivity index (χ2v) is 7.09. The molecule has 2 aromatic carbocycles. The van der Waals surface area contributed by atoms with Crippen molar-refractivity contribution in [2.45, 2.75) is 27.7 Å². The summed E-state index contributed by atoms with van der Waals surface area (Å²) in [5.74, 6) is 1.73. The van der Waals surface area contributed by atoms with Crippen LogP contribution in [0.25, 0.3) is 22.1 Å². The molecule has 0 bridgehead atoms. The third-order valence-electron chi connectivity index (χ3n) is 4.79. The van der Waals surface area contributed by atoms with Crippen LogP contribution in [0.3, 0.4) is 0 Å². The molecule has 0 atom stereocenters.